The minimum Gasteiger partial charge on any atom is -0.301 e. The number of carbonyl (C=O) groups is 1. The second-order valence-electron chi connectivity index (χ2n) is 5.16. The largest absolute Gasteiger partial charge is 0.345 e. The Morgan fingerprint density at radius 1 is 1.36 bits per heavy atom. The lowest BCUT2D eigenvalue weighted by Crippen LogP contribution is -2.46. The number of hydrogen-bond acceptors (Lipinski definition) is 5. The summed E-state index contributed by atoms with van der Waals surface area (Å²) in [5, 5.41) is 13.4. The molecular formula is C14H12FN3O3S. The number of nitrogens with one attached hydrogen (secondary N) is 1. The van der Waals surface area contributed by atoms with Crippen molar-refractivity contribution in [3.63, 3.8) is 0 Å². The summed E-state index contributed by atoms with van der Waals surface area (Å²) < 4.78 is 13.1. The molecule has 1 heterocycles. The third kappa shape index (κ3) is 2.45. The Morgan fingerprint density at radius 3 is 2.55 bits per heavy atom. The standard InChI is InChI=1S/C14H12FN3O3S/c15-10-4-2-9(3-5-10)14(6-1-7-14)12(19)17-13-16-8-11(22-13)18(20)21/h2-5,8H,1,6-7H2,(H,16,17,19). The number of rotatable bonds is 4. The maximum Gasteiger partial charge on any atom is 0.345 e. The summed E-state index contributed by atoms with van der Waals surface area (Å²) in [4.78, 5) is 26.5. The summed E-state index contributed by atoms with van der Waals surface area (Å²) in [6, 6.07) is 5.88. The van der Waals surface area contributed by atoms with Crippen LogP contribution >= 0.6 is 11.3 Å². The number of hydrogen-bond donors (Lipinski definition) is 1. The van der Waals surface area contributed by atoms with Crippen LogP contribution in [0.4, 0.5) is 14.5 Å². The van der Waals surface area contributed by atoms with Crippen molar-refractivity contribution in [2.45, 2.75) is 24.7 Å². The summed E-state index contributed by atoms with van der Waals surface area (Å²) in [7, 11) is 0. The van der Waals surface area contributed by atoms with Gasteiger partial charge in [0.05, 0.1) is 10.3 Å². The van der Waals surface area contributed by atoms with E-state index in [9.17, 15) is 19.3 Å². The van der Waals surface area contributed by atoms with Gasteiger partial charge in [0.25, 0.3) is 0 Å². The molecule has 114 valence electrons. The molecule has 0 atom stereocenters. The predicted octanol–water partition coefficient (Wildman–Crippen LogP) is 3.25. The summed E-state index contributed by atoms with van der Waals surface area (Å²) >= 11 is 0.816. The molecule has 2 aromatic rings. The number of nitrogens with zero attached hydrogens (tertiary/aromatic N) is 2. The van der Waals surface area contributed by atoms with Gasteiger partial charge in [-0.05, 0) is 41.9 Å². The van der Waals surface area contributed by atoms with Crippen molar-refractivity contribution in [2.75, 3.05) is 5.32 Å². The highest BCUT2D eigenvalue weighted by atomic mass is 32.1. The molecule has 3 rings (SSSR count). The maximum absolute atomic E-state index is 13.1. The number of amides is 1. The van der Waals surface area contributed by atoms with E-state index in [1.54, 1.807) is 12.1 Å². The number of aromatic nitrogens is 1. The Labute approximate surface area is 129 Å². The smallest absolute Gasteiger partial charge is 0.301 e. The van der Waals surface area contributed by atoms with Crippen molar-refractivity contribution in [2.24, 2.45) is 0 Å². The van der Waals surface area contributed by atoms with Crippen LogP contribution in [-0.2, 0) is 10.2 Å². The van der Waals surface area contributed by atoms with E-state index >= 15 is 0 Å². The molecule has 1 N–H and O–H groups in total. The molecule has 0 bridgehead atoms. The molecule has 8 heteroatoms. The van der Waals surface area contributed by atoms with Crippen LogP contribution in [0, 0.1) is 15.9 Å². The van der Waals surface area contributed by atoms with E-state index < -0.39 is 10.3 Å². The fourth-order valence-electron chi connectivity index (χ4n) is 2.57. The first-order chi connectivity index (χ1) is 10.5. The molecule has 1 aromatic heterocycles. The molecule has 1 fully saturated rings. The second kappa shape index (κ2) is 5.45. The van der Waals surface area contributed by atoms with E-state index in [0.717, 1.165) is 29.5 Å². The molecule has 0 aliphatic heterocycles. The fraction of sp³-hybridized carbons (Fsp3) is 0.286. The maximum atomic E-state index is 13.1. The molecule has 1 aromatic carbocycles. The van der Waals surface area contributed by atoms with Crippen molar-refractivity contribution in [3.05, 3.63) is 52.0 Å². The molecule has 1 amide bonds. The van der Waals surface area contributed by atoms with Crippen LogP contribution < -0.4 is 5.32 Å². The minimum atomic E-state index is -0.700. The third-order valence-electron chi connectivity index (χ3n) is 3.93. The quantitative estimate of drug-likeness (QED) is 0.692. The first kappa shape index (κ1) is 14.6. The molecule has 0 radical (unpaired) electrons. The van der Waals surface area contributed by atoms with Crippen LogP contribution in [0.5, 0.6) is 0 Å². The number of anilines is 1. The SMILES string of the molecule is O=C(Nc1ncc([N+](=O)[O-])s1)C1(c2ccc(F)cc2)CCC1. The molecule has 22 heavy (non-hydrogen) atoms. The van der Waals surface area contributed by atoms with E-state index in [4.69, 9.17) is 0 Å². The molecule has 0 saturated heterocycles. The Hall–Kier alpha value is -2.35. The van der Waals surface area contributed by atoms with E-state index in [1.165, 1.54) is 12.1 Å². The summed E-state index contributed by atoms with van der Waals surface area (Å²) in [6.07, 6.45) is 3.35. The van der Waals surface area contributed by atoms with Gasteiger partial charge in [-0.3, -0.25) is 14.9 Å². The van der Waals surface area contributed by atoms with Crippen LogP contribution in [-0.4, -0.2) is 15.8 Å². The van der Waals surface area contributed by atoms with Crippen molar-refractivity contribution < 1.29 is 14.1 Å². The molecular weight excluding hydrogens is 309 g/mol. The van der Waals surface area contributed by atoms with Gasteiger partial charge in [0.1, 0.15) is 12.0 Å². The van der Waals surface area contributed by atoms with Gasteiger partial charge in [-0.25, -0.2) is 9.37 Å². The van der Waals surface area contributed by atoms with Crippen LogP contribution in [0.25, 0.3) is 0 Å². The molecule has 0 spiro atoms. The number of thiazole rings is 1. The molecule has 6 nitrogen and oxygen atoms in total. The molecule has 0 unspecified atom stereocenters. The lowest BCUT2D eigenvalue weighted by atomic mass is 9.64. The van der Waals surface area contributed by atoms with E-state index in [0.29, 0.717) is 12.8 Å². The zero-order valence-electron chi connectivity index (χ0n) is 11.4. The van der Waals surface area contributed by atoms with Gasteiger partial charge >= 0.3 is 5.00 Å². The van der Waals surface area contributed by atoms with Gasteiger partial charge < -0.3 is 5.32 Å². The number of carbonyl (C=O) groups excluding carboxylic acids is 1. The van der Waals surface area contributed by atoms with Gasteiger partial charge in [0.15, 0.2) is 5.13 Å². The van der Waals surface area contributed by atoms with Crippen LogP contribution in [0.1, 0.15) is 24.8 Å². The topological polar surface area (TPSA) is 85.1 Å². The van der Waals surface area contributed by atoms with Crippen LogP contribution in [0.2, 0.25) is 0 Å². The predicted molar refractivity (Wildman–Crippen MR) is 79.3 cm³/mol. The first-order valence-electron chi connectivity index (χ1n) is 6.69. The van der Waals surface area contributed by atoms with Crippen molar-refractivity contribution in [3.8, 4) is 0 Å². The van der Waals surface area contributed by atoms with Crippen molar-refractivity contribution >= 4 is 27.4 Å². The minimum absolute atomic E-state index is 0.125. The first-order valence-corrected chi connectivity index (χ1v) is 7.51. The van der Waals surface area contributed by atoms with E-state index in [2.05, 4.69) is 10.3 Å². The number of benzene rings is 1. The van der Waals surface area contributed by atoms with E-state index in [-0.39, 0.29) is 21.9 Å². The number of nitro groups is 1. The highest BCUT2D eigenvalue weighted by molar-refractivity contribution is 7.18. The Morgan fingerprint density at radius 2 is 2.05 bits per heavy atom. The Bertz CT molecular complexity index is 725. The van der Waals surface area contributed by atoms with Gasteiger partial charge in [0, 0.05) is 0 Å². The highest BCUT2D eigenvalue weighted by Crippen LogP contribution is 2.45. The van der Waals surface area contributed by atoms with Gasteiger partial charge in [-0.2, -0.15) is 0 Å². The Kier molecular flexibility index (Phi) is 3.61. The van der Waals surface area contributed by atoms with Crippen molar-refractivity contribution in [1.29, 1.82) is 0 Å². The van der Waals surface area contributed by atoms with Gasteiger partial charge in [0.2, 0.25) is 5.91 Å². The van der Waals surface area contributed by atoms with Crippen molar-refractivity contribution in [1.82, 2.24) is 4.98 Å². The zero-order valence-corrected chi connectivity index (χ0v) is 12.2. The van der Waals surface area contributed by atoms with Crippen LogP contribution in [0.15, 0.2) is 30.5 Å². The summed E-state index contributed by atoms with van der Waals surface area (Å²) in [6.45, 7) is 0. The highest BCUT2D eigenvalue weighted by Gasteiger charge is 2.45. The van der Waals surface area contributed by atoms with Gasteiger partial charge in [-0.1, -0.05) is 18.6 Å². The lowest BCUT2D eigenvalue weighted by molar-refractivity contribution is -0.380. The van der Waals surface area contributed by atoms with Crippen LogP contribution in [0.3, 0.4) is 0 Å². The Balaban J connectivity index is 1.82. The normalized spacial score (nSPS) is 15.9. The van der Waals surface area contributed by atoms with E-state index in [1.807, 2.05) is 0 Å². The average Bonchev–Trinajstić information content (AvgIpc) is 2.88. The molecule has 1 aliphatic rings. The molecule has 1 aliphatic carbocycles. The molecule has 1 saturated carbocycles. The lowest BCUT2D eigenvalue weighted by Gasteiger charge is -2.40. The fourth-order valence-corrected chi connectivity index (χ4v) is 3.20. The summed E-state index contributed by atoms with van der Waals surface area (Å²) in [5.41, 5.74) is 0.0532. The van der Waals surface area contributed by atoms with Gasteiger partial charge in [-0.15, -0.1) is 0 Å². The summed E-state index contributed by atoms with van der Waals surface area (Å²) in [5.74, 6) is -0.608. The number of halogens is 1. The zero-order chi connectivity index (χ0) is 15.7. The second-order valence-corrected chi connectivity index (χ2v) is 6.17. The monoisotopic (exact) mass is 321 g/mol. The third-order valence-corrected chi connectivity index (χ3v) is 4.80. The average molecular weight is 321 g/mol.